The van der Waals surface area contributed by atoms with Crippen molar-refractivity contribution in [1.82, 2.24) is 4.98 Å². The fourth-order valence-electron chi connectivity index (χ4n) is 7.82. The van der Waals surface area contributed by atoms with Crippen molar-refractivity contribution >= 4 is 32.4 Å². The lowest BCUT2D eigenvalue weighted by molar-refractivity contribution is -0.984. The highest BCUT2D eigenvalue weighted by Crippen LogP contribution is 2.49. The number of piperidine rings is 3. The lowest BCUT2D eigenvalue weighted by Gasteiger charge is -2.58. The Balaban J connectivity index is 1.37. The van der Waals surface area contributed by atoms with Crippen molar-refractivity contribution < 1.29 is 9.22 Å². The van der Waals surface area contributed by atoms with Crippen LogP contribution in [0.2, 0.25) is 0 Å². The summed E-state index contributed by atoms with van der Waals surface area (Å²) >= 11 is 0. The Hall–Kier alpha value is -3.79. The number of quaternary nitrogens is 1. The molecule has 5 atom stereocenters. The lowest BCUT2D eigenvalue weighted by Crippen LogP contribution is -2.67. The molecule has 3 fully saturated rings. The van der Waals surface area contributed by atoms with Gasteiger partial charge in [-0.3, -0.25) is 4.98 Å². The Labute approximate surface area is 237 Å². The van der Waals surface area contributed by atoms with Gasteiger partial charge >= 0.3 is 0 Å². The van der Waals surface area contributed by atoms with Crippen LogP contribution < -0.4 is 0 Å². The summed E-state index contributed by atoms with van der Waals surface area (Å²) in [4.78, 5) is 4.67. The third kappa shape index (κ3) is 4.25. The lowest BCUT2D eigenvalue weighted by atomic mass is 9.71. The summed E-state index contributed by atoms with van der Waals surface area (Å²) in [6.45, 7) is 12.1. The van der Waals surface area contributed by atoms with Crippen molar-refractivity contribution in [2.24, 2.45) is 11.8 Å². The highest BCUT2D eigenvalue weighted by molar-refractivity contribution is 5.99. The number of ether oxygens (including phenoxy) is 1. The number of hydrogen-bond acceptors (Lipinski definition) is 2. The second-order valence-electron chi connectivity index (χ2n) is 11.8. The van der Waals surface area contributed by atoms with Crippen molar-refractivity contribution in [3.63, 3.8) is 0 Å². The van der Waals surface area contributed by atoms with E-state index in [1.165, 1.54) is 51.0 Å². The normalized spacial score (nSPS) is 24.9. The van der Waals surface area contributed by atoms with Crippen molar-refractivity contribution in [3.05, 3.63) is 128 Å². The van der Waals surface area contributed by atoms with Crippen LogP contribution in [0.4, 0.5) is 0 Å². The summed E-state index contributed by atoms with van der Waals surface area (Å²) in [7, 11) is 0. The smallest absolute Gasteiger partial charge is 0.135 e. The highest BCUT2D eigenvalue weighted by atomic mass is 16.5. The zero-order valence-electron chi connectivity index (χ0n) is 23.1. The number of fused-ring (bicyclic) bond motifs is 6. The van der Waals surface area contributed by atoms with Gasteiger partial charge in [0, 0.05) is 35.9 Å². The molecule has 0 aliphatic carbocycles. The molecule has 8 rings (SSSR count). The van der Waals surface area contributed by atoms with E-state index >= 15 is 0 Å². The average molecular weight is 526 g/mol. The van der Waals surface area contributed by atoms with Gasteiger partial charge in [-0.1, -0.05) is 72.8 Å². The molecule has 0 radical (unpaired) electrons. The van der Waals surface area contributed by atoms with Crippen LogP contribution in [-0.4, -0.2) is 35.2 Å². The quantitative estimate of drug-likeness (QED) is 0.115. The van der Waals surface area contributed by atoms with Gasteiger partial charge < -0.3 is 9.22 Å². The van der Waals surface area contributed by atoms with Crippen LogP contribution in [0.3, 0.4) is 0 Å². The monoisotopic (exact) mass is 525 g/mol. The molecule has 1 aromatic heterocycles. The van der Waals surface area contributed by atoms with Crippen LogP contribution in [0.1, 0.15) is 30.1 Å². The van der Waals surface area contributed by atoms with Crippen molar-refractivity contribution in [3.8, 4) is 0 Å². The fraction of sp³-hybridized carbons (Fsp3) is 0.270. The molecule has 3 heteroatoms. The topological polar surface area (TPSA) is 22.1 Å². The molecule has 0 N–H and O–H groups in total. The van der Waals surface area contributed by atoms with Crippen LogP contribution in [-0.2, 0) is 11.3 Å². The van der Waals surface area contributed by atoms with Gasteiger partial charge in [-0.15, -0.1) is 13.2 Å². The van der Waals surface area contributed by atoms with Crippen LogP contribution in [0, 0.1) is 11.8 Å². The van der Waals surface area contributed by atoms with Gasteiger partial charge in [-0.25, -0.2) is 0 Å². The van der Waals surface area contributed by atoms with Gasteiger partial charge in [0.2, 0.25) is 0 Å². The molecule has 3 saturated heterocycles. The van der Waals surface area contributed by atoms with E-state index in [0.29, 0.717) is 24.5 Å². The summed E-state index contributed by atoms with van der Waals surface area (Å²) in [6.07, 6.45) is 8.42. The zero-order valence-corrected chi connectivity index (χ0v) is 23.1. The SMILES string of the molecule is C=CCO[C@H](c1ccnc2ccccc12)[C@@H]1C[C@@H]2CC[N+]1(Cc1cccc3cc4ccccc4cc13)C[C@@H]2C=C. The fourth-order valence-corrected chi connectivity index (χ4v) is 7.82. The maximum Gasteiger partial charge on any atom is 0.135 e. The number of aromatic nitrogens is 1. The molecule has 4 aromatic carbocycles. The molecule has 5 aromatic rings. The molecule has 0 spiro atoms. The van der Waals surface area contributed by atoms with E-state index in [1.54, 1.807) is 0 Å². The second-order valence-corrected chi connectivity index (χ2v) is 11.8. The van der Waals surface area contributed by atoms with Gasteiger partial charge in [0.1, 0.15) is 18.7 Å². The van der Waals surface area contributed by atoms with Crippen LogP contribution in [0.5, 0.6) is 0 Å². The number of para-hydroxylation sites is 1. The van der Waals surface area contributed by atoms with E-state index in [0.717, 1.165) is 29.5 Å². The molecule has 40 heavy (non-hydrogen) atoms. The van der Waals surface area contributed by atoms with Crippen molar-refractivity contribution in [1.29, 1.82) is 0 Å². The van der Waals surface area contributed by atoms with Gasteiger partial charge in [0.05, 0.1) is 25.2 Å². The molecule has 4 heterocycles. The molecule has 0 amide bonds. The molecule has 3 aliphatic rings. The van der Waals surface area contributed by atoms with E-state index < -0.39 is 0 Å². The molecule has 3 aliphatic heterocycles. The Kier molecular flexibility index (Phi) is 6.50. The standard InChI is InChI=1S/C37H37N2O/c1-3-20-40-37(33-16-18-38-35-15-8-7-14-32(33)35)36-23-29-17-19-39(36,24-26(29)4-2)25-31-13-9-12-30-21-27-10-5-6-11-28(27)22-34(30)31/h3-16,18,21-22,26,29,36-37H,1-2,17,19-20,23-25H2/q+1/t26-,29-,36-,37+,39?/m0/s1. The van der Waals surface area contributed by atoms with Crippen LogP contribution >= 0.6 is 0 Å². The van der Waals surface area contributed by atoms with E-state index in [2.05, 4.69) is 109 Å². The minimum Gasteiger partial charge on any atom is -0.363 e. The van der Waals surface area contributed by atoms with Gasteiger partial charge in [-0.2, -0.15) is 0 Å². The third-order valence-corrected chi connectivity index (χ3v) is 9.73. The highest BCUT2D eigenvalue weighted by Gasteiger charge is 2.54. The molecular formula is C37H37N2O+. The third-order valence-electron chi connectivity index (χ3n) is 9.73. The summed E-state index contributed by atoms with van der Waals surface area (Å²) in [5.74, 6) is 1.19. The van der Waals surface area contributed by atoms with Crippen LogP contribution in [0.15, 0.2) is 116 Å². The average Bonchev–Trinajstić information content (AvgIpc) is 3.01. The number of nitrogens with zero attached hydrogens (tertiary/aromatic N) is 2. The van der Waals surface area contributed by atoms with Gasteiger partial charge in [-0.05, 0) is 57.3 Å². The number of pyridine rings is 1. The molecular weight excluding hydrogens is 488 g/mol. The Morgan fingerprint density at radius 3 is 2.55 bits per heavy atom. The van der Waals surface area contributed by atoms with Gasteiger partial charge in [0.25, 0.3) is 0 Å². The second kappa shape index (κ2) is 10.3. The minimum absolute atomic E-state index is 0.0322. The first-order valence-electron chi connectivity index (χ1n) is 14.6. The van der Waals surface area contributed by atoms with Crippen molar-refractivity contribution in [2.45, 2.75) is 31.5 Å². The number of benzene rings is 4. The maximum atomic E-state index is 6.77. The Morgan fingerprint density at radius 1 is 0.900 bits per heavy atom. The molecule has 200 valence electrons. The molecule has 3 nitrogen and oxygen atoms in total. The number of rotatable bonds is 8. The summed E-state index contributed by atoms with van der Waals surface area (Å²) in [5.41, 5.74) is 3.71. The number of hydrogen-bond donors (Lipinski definition) is 0. The summed E-state index contributed by atoms with van der Waals surface area (Å²) in [6, 6.07) is 31.3. The molecule has 0 saturated carbocycles. The van der Waals surface area contributed by atoms with E-state index in [1.807, 2.05) is 12.3 Å². The maximum absolute atomic E-state index is 6.77. The largest absolute Gasteiger partial charge is 0.363 e. The Morgan fingerprint density at radius 2 is 1.70 bits per heavy atom. The van der Waals surface area contributed by atoms with Crippen LogP contribution in [0.25, 0.3) is 32.4 Å². The summed E-state index contributed by atoms with van der Waals surface area (Å²) in [5, 5.41) is 6.48. The zero-order chi connectivity index (χ0) is 27.1. The van der Waals surface area contributed by atoms with E-state index in [9.17, 15) is 0 Å². The molecule has 2 bridgehead atoms. The van der Waals surface area contributed by atoms with Gasteiger partial charge in [0.15, 0.2) is 0 Å². The predicted octanol–water partition coefficient (Wildman–Crippen LogP) is 8.40. The first-order valence-corrected chi connectivity index (χ1v) is 14.6. The predicted molar refractivity (Wildman–Crippen MR) is 166 cm³/mol. The molecule has 1 unspecified atom stereocenters. The van der Waals surface area contributed by atoms with E-state index in [4.69, 9.17) is 4.74 Å². The summed E-state index contributed by atoms with van der Waals surface area (Å²) < 4.78 is 7.79. The minimum atomic E-state index is -0.0322. The van der Waals surface area contributed by atoms with E-state index in [-0.39, 0.29) is 6.10 Å². The van der Waals surface area contributed by atoms with Crippen molar-refractivity contribution in [2.75, 3.05) is 19.7 Å². The first kappa shape index (κ1) is 25.2. The first-order chi connectivity index (χ1) is 19.7. The Bertz CT molecular complexity index is 1720.